The van der Waals surface area contributed by atoms with Crippen LogP contribution in [0.5, 0.6) is 0 Å². The van der Waals surface area contributed by atoms with Gasteiger partial charge in [0.25, 0.3) is 0 Å². The van der Waals surface area contributed by atoms with Gasteiger partial charge in [0.2, 0.25) is 0 Å². The lowest BCUT2D eigenvalue weighted by Crippen LogP contribution is -2.30. The molecule has 0 aromatic rings. The number of phosphoric acid groups is 2. The Morgan fingerprint density at radius 2 is 0.491 bits per heavy atom. The molecule has 0 aliphatic carbocycles. The molecule has 0 aliphatic heterocycles. The molecule has 19 heteroatoms. The summed E-state index contributed by atoms with van der Waals surface area (Å²) in [7, 11) is -9.99. The molecule has 5 atom stereocenters. The number of ether oxygens (including phenoxy) is 4. The van der Waals surface area contributed by atoms with E-state index in [1.54, 1.807) is 0 Å². The Balaban J connectivity index is 5.45. The highest BCUT2D eigenvalue weighted by atomic mass is 31.2. The van der Waals surface area contributed by atoms with Crippen molar-refractivity contribution >= 4 is 39.5 Å². The van der Waals surface area contributed by atoms with Crippen molar-refractivity contribution in [3.8, 4) is 0 Å². The number of hydrogen-bond acceptors (Lipinski definition) is 15. The first-order chi connectivity index (χ1) is 51.7. The SMILES string of the molecule is CC/C=C\C/C=C\C/C=C\C/C=C\C/C=C\CCCCCC(=O)O[C@H](COC(=O)CCCCCCC/C=C\CCCCCC)COP(=O)(O)OC[C@H](O)COP(=O)(O)OC[C@@H](COC(=O)CCCCCCCCC/C=C\CCCCCC)OC(=O)CCCCC/C=C\C/C=C\C/C=C\C/C=C\C/C=C\CC. The molecule has 0 bridgehead atoms. The molecular formula is C87H146O17P2. The molecule has 0 heterocycles. The van der Waals surface area contributed by atoms with Gasteiger partial charge in [-0.2, -0.15) is 0 Å². The van der Waals surface area contributed by atoms with E-state index in [0.717, 1.165) is 180 Å². The van der Waals surface area contributed by atoms with Gasteiger partial charge >= 0.3 is 39.5 Å². The molecular weight excluding hydrogens is 1380 g/mol. The van der Waals surface area contributed by atoms with Crippen LogP contribution >= 0.6 is 15.6 Å². The van der Waals surface area contributed by atoms with Gasteiger partial charge in [0.15, 0.2) is 12.2 Å². The highest BCUT2D eigenvalue weighted by Crippen LogP contribution is 2.45. The summed E-state index contributed by atoms with van der Waals surface area (Å²) in [4.78, 5) is 73.1. The van der Waals surface area contributed by atoms with Crippen molar-refractivity contribution in [2.24, 2.45) is 0 Å². The largest absolute Gasteiger partial charge is 0.472 e. The van der Waals surface area contributed by atoms with Gasteiger partial charge in [0.1, 0.15) is 19.3 Å². The Kier molecular flexibility index (Phi) is 74.3. The third-order valence-corrected chi connectivity index (χ3v) is 18.7. The van der Waals surface area contributed by atoms with Crippen LogP contribution in [-0.2, 0) is 65.4 Å². The van der Waals surface area contributed by atoms with Crippen LogP contribution < -0.4 is 0 Å². The molecule has 0 rings (SSSR count). The summed E-state index contributed by atoms with van der Waals surface area (Å²) in [5.74, 6) is -2.26. The topological polar surface area (TPSA) is 237 Å². The number of aliphatic hydroxyl groups is 1. The third-order valence-electron chi connectivity index (χ3n) is 16.8. The Labute approximate surface area is 643 Å². The first kappa shape index (κ1) is 101. The quantitative estimate of drug-likeness (QED) is 0.0169. The zero-order chi connectivity index (χ0) is 77.4. The fourth-order valence-electron chi connectivity index (χ4n) is 10.6. The number of hydrogen-bond donors (Lipinski definition) is 3. The number of unbranched alkanes of at least 4 members (excludes halogenated alkanes) is 26. The van der Waals surface area contributed by atoms with Crippen LogP contribution in [0.15, 0.2) is 146 Å². The fourth-order valence-corrected chi connectivity index (χ4v) is 12.1. The van der Waals surface area contributed by atoms with E-state index in [-0.39, 0.29) is 25.7 Å². The van der Waals surface area contributed by atoms with Crippen LogP contribution in [0, 0.1) is 0 Å². The van der Waals surface area contributed by atoms with Crippen molar-refractivity contribution in [3.05, 3.63) is 146 Å². The van der Waals surface area contributed by atoms with Gasteiger partial charge in [0.05, 0.1) is 26.4 Å². The van der Waals surface area contributed by atoms with Crippen molar-refractivity contribution in [2.45, 2.75) is 341 Å². The summed E-state index contributed by atoms with van der Waals surface area (Å²) < 4.78 is 68.6. The van der Waals surface area contributed by atoms with Crippen molar-refractivity contribution in [3.63, 3.8) is 0 Å². The standard InChI is InChI=1S/C87H146O17P2/c1-5-9-13-17-21-25-29-33-36-38-40-42-45-49-53-57-61-65-69-73-86(91)103-82(77-97-84(89)71-67-63-59-55-51-47-32-28-24-20-16-12-8-4)79-101-105(93,94)99-75-81(88)76-100-106(95,96)102-80-83(78-98-85(90)72-68-64-60-56-52-48-44-35-31-27-23-19-15-11-7-3)104-87(92)74-70-66-62-58-54-50-46-43-41-39-37-34-30-26-22-18-14-10-6-2/h9-10,13-14,21-22,25-28,31-34,36-37,40-43,49-50,53-54,81-83,88H,5-8,11-12,15-20,23-24,29-30,35,38-39,44-48,51-52,55-80H2,1-4H3,(H,93,94)(H,95,96)/b13-9-,14-10-,25-21-,26-22-,31-27-,32-28-,36-33-,37-34-,42-40-,43-41-,53-49-,54-50-/t81-,82+,83+/m0/s1. The van der Waals surface area contributed by atoms with Gasteiger partial charge < -0.3 is 33.8 Å². The minimum absolute atomic E-state index is 0.0500. The number of allylic oxidation sites excluding steroid dienone is 24. The van der Waals surface area contributed by atoms with E-state index in [1.807, 2.05) is 0 Å². The van der Waals surface area contributed by atoms with E-state index in [1.165, 1.54) is 64.2 Å². The van der Waals surface area contributed by atoms with Crippen LogP contribution in [0.3, 0.4) is 0 Å². The molecule has 0 aromatic heterocycles. The van der Waals surface area contributed by atoms with E-state index in [4.69, 9.17) is 37.0 Å². The van der Waals surface area contributed by atoms with Crippen molar-refractivity contribution < 1.29 is 80.2 Å². The summed E-state index contributed by atoms with van der Waals surface area (Å²) >= 11 is 0. The van der Waals surface area contributed by atoms with Crippen molar-refractivity contribution in [2.75, 3.05) is 39.6 Å². The molecule has 606 valence electrons. The van der Waals surface area contributed by atoms with Crippen LogP contribution in [0.4, 0.5) is 0 Å². The Morgan fingerprint density at radius 3 is 0.774 bits per heavy atom. The Bertz CT molecular complexity index is 2580. The normalized spacial score (nSPS) is 14.6. The van der Waals surface area contributed by atoms with Crippen molar-refractivity contribution in [1.29, 1.82) is 0 Å². The molecule has 0 spiro atoms. The highest BCUT2D eigenvalue weighted by molar-refractivity contribution is 7.47. The van der Waals surface area contributed by atoms with Gasteiger partial charge in [-0.1, -0.05) is 276 Å². The summed E-state index contributed by atoms with van der Waals surface area (Å²) in [5.41, 5.74) is 0. The zero-order valence-corrected chi connectivity index (χ0v) is 68.1. The maximum Gasteiger partial charge on any atom is 0.472 e. The average molecular weight is 1530 g/mol. The van der Waals surface area contributed by atoms with Gasteiger partial charge in [-0.3, -0.25) is 37.3 Å². The van der Waals surface area contributed by atoms with E-state index in [2.05, 4.69) is 174 Å². The summed E-state index contributed by atoms with van der Waals surface area (Å²) in [5, 5.41) is 10.7. The molecule has 0 saturated heterocycles. The number of carbonyl (C=O) groups excluding carboxylic acids is 4. The van der Waals surface area contributed by atoms with Gasteiger partial charge in [-0.15, -0.1) is 0 Å². The minimum atomic E-state index is -5.00. The molecule has 3 N–H and O–H groups in total. The Morgan fingerprint density at radius 1 is 0.274 bits per heavy atom. The molecule has 0 saturated carbocycles. The molecule has 0 amide bonds. The monoisotopic (exact) mass is 1530 g/mol. The maximum atomic E-state index is 13.1. The fraction of sp³-hybridized carbons (Fsp3) is 0.678. The maximum absolute atomic E-state index is 13.1. The summed E-state index contributed by atoms with van der Waals surface area (Å²) in [6.45, 7) is 4.54. The number of carbonyl (C=O) groups is 4. The van der Waals surface area contributed by atoms with E-state index in [0.29, 0.717) is 25.7 Å². The Hall–Kier alpha value is -5.06. The first-order valence-electron chi connectivity index (χ1n) is 41.1. The van der Waals surface area contributed by atoms with Crippen LogP contribution in [-0.4, -0.2) is 96.7 Å². The molecule has 0 aromatic carbocycles. The van der Waals surface area contributed by atoms with E-state index < -0.39 is 97.5 Å². The number of phosphoric ester groups is 2. The van der Waals surface area contributed by atoms with Gasteiger partial charge in [0, 0.05) is 25.7 Å². The molecule has 0 fully saturated rings. The van der Waals surface area contributed by atoms with Crippen LogP contribution in [0.25, 0.3) is 0 Å². The zero-order valence-electron chi connectivity index (χ0n) is 66.3. The summed E-state index contributed by atoms with van der Waals surface area (Å²) in [6.07, 6.45) is 89.6. The smallest absolute Gasteiger partial charge is 0.462 e. The lowest BCUT2D eigenvalue weighted by Gasteiger charge is -2.21. The average Bonchev–Trinajstić information content (AvgIpc) is 0.937. The van der Waals surface area contributed by atoms with E-state index in [9.17, 15) is 43.2 Å². The number of esters is 4. The second-order valence-corrected chi connectivity index (χ2v) is 29.8. The second kappa shape index (κ2) is 78.1. The van der Waals surface area contributed by atoms with Crippen LogP contribution in [0.2, 0.25) is 0 Å². The second-order valence-electron chi connectivity index (χ2n) is 26.9. The predicted octanol–water partition coefficient (Wildman–Crippen LogP) is 24.2. The lowest BCUT2D eigenvalue weighted by molar-refractivity contribution is -0.161. The first-order valence-corrected chi connectivity index (χ1v) is 44.1. The molecule has 2 unspecified atom stereocenters. The number of aliphatic hydroxyl groups excluding tert-OH is 1. The third kappa shape index (κ3) is 77.1. The molecule has 0 radical (unpaired) electrons. The molecule has 106 heavy (non-hydrogen) atoms. The van der Waals surface area contributed by atoms with Gasteiger partial charge in [-0.25, -0.2) is 9.13 Å². The highest BCUT2D eigenvalue weighted by Gasteiger charge is 2.30. The van der Waals surface area contributed by atoms with Gasteiger partial charge in [-0.05, 0) is 167 Å². The van der Waals surface area contributed by atoms with E-state index >= 15 is 0 Å². The number of rotatable bonds is 76. The summed E-state index contributed by atoms with van der Waals surface area (Å²) in [6, 6.07) is 0. The minimum Gasteiger partial charge on any atom is -0.462 e. The lowest BCUT2D eigenvalue weighted by atomic mass is 10.1. The van der Waals surface area contributed by atoms with Crippen molar-refractivity contribution in [1.82, 2.24) is 0 Å². The predicted molar refractivity (Wildman–Crippen MR) is 436 cm³/mol. The van der Waals surface area contributed by atoms with Crippen LogP contribution in [0.1, 0.15) is 323 Å². The molecule has 0 aliphatic rings. The molecule has 17 nitrogen and oxygen atoms in total.